The molecule has 5 heteroatoms. The fraction of sp³-hybridized carbons (Fsp3) is 0.467. The van der Waals surface area contributed by atoms with E-state index in [0.717, 1.165) is 5.56 Å². The van der Waals surface area contributed by atoms with E-state index < -0.39 is 0 Å². The maximum Gasteiger partial charge on any atom is 0.253 e. The molecule has 0 aliphatic carbocycles. The molecule has 0 bridgehead atoms. The lowest BCUT2D eigenvalue weighted by molar-refractivity contribution is -0.130. The number of carbonyl (C=O) groups excluding carboxylic acids is 2. The number of rotatable bonds is 3. The first-order valence-corrected chi connectivity index (χ1v) is 6.74. The van der Waals surface area contributed by atoms with Crippen LogP contribution in [0.25, 0.3) is 0 Å². The van der Waals surface area contributed by atoms with Crippen molar-refractivity contribution >= 4 is 11.8 Å². The first-order chi connectivity index (χ1) is 9.61. The van der Waals surface area contributed by atoms with Crippen molar-refractivity contribution in [2.45, 2.75) is 13.5 Å². The van der Waals surface area contributed by atoms with Gasteiger partial charge in [-0.25, -0.2) is 0 Å². The van der Waals surface area contributed by atoms with Crippen molar-refractivity contribution in [2.24, 2.45) is 0 Å². The minimum Gasteiger partial charge on any atom is -0.380 e. The van der Waals surface area contributed by atoms with Crippen LogP contribution in [0, 0.1) is 0 Å². The van der Waals surface area contributed by atoms with E-state index in [1.165, 1.54) is 0 Å². The first kappa shape index (κ1) is 14.5. The summed E-state index contributed by atoms with van der Waals surface area (Å²) in [4.78, 5) is 27.3. The normalized spacial score (nSPS) is 15.3. The minimum absolute atomic E-state index is 0.0196. The Kier molecular flexibility index (Phi) is 4.74. The van der Waals surface area contributed by atoms with Crippen LogP contribution in [0.2, 0.25) is 0 Å². The number of hydrogen-bond acceptors (Lipinski definition) is 3. The smallest absolute Gasteiger partial charge is 0.253 e. The second-order valence-corrected chi connectivity index (χ2v) is 4.93. The summed E-state index contributed by atoms with van der Waals surface area (Å²) in [5.74, 6) is 0.0883. The van der Waals surface area contributed by atoms with Gasteiger partial charge in [0.05, 0.1) is 6.61 Å². The molecule has 2 rings (SSSR count). The summed E-state index contributed by atoms with van der Waals surface area (Å²) in [6.07, 6.45) is 0. The molecule has 1 aromatic rings. The SMILES string of the molecule is COCc1cccc(C(=O)N2CCN(C(C)=O)CC2)c1. The Morgan fingerprint density at radius 3 is 2.40 bits per heavy atom. The molecule has 20 heavy (non-hydrogen) atoms. The third kappa shape index (κ3) is 3.36. The average molecular weight is 276 g/mol. The molecule has 1 aliphatic rings. The van der Waals surface area contributed by atoms with Crippen molar-refractivity contribution in [3.8, 4) is 0 Å². The van der Waals surface area contributed by atoms with Crippen molar-refractivity contribution in [3.63, 3.8) is 0 Å². The molecule has 0 unspecified atom stereocenters. The molecular weight excluding hydrogens is 256 g/mol. The molecule has 1 aromatic carbocycles. The van der Waals surface area contributed by atoms with Gasteiger partial charge in [0.15, 0.2) is 0 Å². The van der Waals surface area contributed by atoms with E-state index >= 15 is 0 Å². The van der Waals surface area contributed by atoms with Gasteiger partial charge in [-0.2, -0.15) is 0 Å². The van der Waals surface area contributed by atoms with Gasteiger partial charge >= 0.3 is 0 Å². The standard InChI is InChI=1S/C15H20N2O3/c1-12(18)16-6-8-17(9-7-16)15(19)14-5-3-4-13(10-14)11-20-2/h3-5,10H,6-9,11H2,1-2H3. The van der Waals surface area contributed by atoms with Gasteiger partial charge in [-0.3, -0.25) is 9.59 Å². The van der Waals surface area contributed by atoms with Crippen LogP contribution < -0.4 is 0 Å². The highest BCUT2D eigenvalue weighted by Crippen LogP contribution is 2.11. The van der Waals surface area contributed by atoms with Gasteiger partial charge in [0.1, 0.15) is 0 Å². The molecule has 0 radical (unpaired) electrons. The molecule has 2 amide bonds. The van der Waals surface area contributed by atoms with E-state index in [0.29, 0.717) is 38.3 Å². The van der Waals surface area contributed by atoms with E-state index in [9.17, 15) is 9.59 Å². The summed E-state index contributed by atoms with van der Waals surface area (Å²) in [5.41, 5.74) is 1.66. The van der Waals surface area contributed by atoms with Crippen LogP contribution in [0.15, 0.2) is 24.3 Å². The van der Waals surface area contributed by atoms with Gasteiger partial charge in [-0.05, 0) is 17.7 Å². The highest BCUT2D eigenvalue weighted by Gasteiger charge is 2.23. The third-order valence-corrected chi connectivity index (χ3v) is 3.50. The van der Waals surface area contributed by atoms with Crippen LogP contribution in [-0.2, 0) is 16.1 Å². The zero-order valence-corrected chi connectivity index (χ0v) is 12.0. The van der Waals surface area contributed by atoms with Crippen molar-refractivity contribution in [1.82, 2.24) is 9.80 Å². The maximum absolute atomic E-state index is 12.4. The second kappa shape index (κ2) is 6.52. The molecule has 0 aromatic heterocycles. The molecule has 1 saturated heterocycles. The Labute approximate surface area is 119 Å². The van der Waals surface area contributed by atoms with Crippen LogP contribution in [0.3, 0.4) is 0 Å². The molecule has 1 aliphatic heterocycles. The zero-order chi connectivity index (χ0) is 14.5. The number of carbonyl (C=O) groups is 2. The number of methoxy groups -OCH3 is 1. The van der Waals surface area contributed by atoms with Crippen LogP contribution >= 0.6 is 0 Å². The predicted molar refractivity (Wildman–Crippen MR) is 75.3 cm³/mol. The zero-order valence-electron chi connectivity index (χ0n) is 12.0. The minimum atomic E-state index is 0.0196. The van der Waals surface area contributed by atoms with Gasteiger partial charge in [0.25, 0.3) is 5.91 Å². The molecule has 1 heterocycles. The molecule has 0 saturated carbocycles. The van der Waals surface area contributed by atoms with E-state index in [2.05, 4.69) is 0 Å². The number of hydrogen-bond donors (Lipinski definition) is 0. The van der Waals surface area contributed by atoms with Gasteiger partial charge in [0, 0.05) is 45.8 Å². The van der Waals surface area contributed by atoms with Crippen molar-refractivity contribution in [3.05, 3.63) is 35.4 Å². The van der Waals surface area contributed by atoms with Crippen LogP contribution in [0.4, 0.5) is 0 Å². The lowest BCUT2D eigenvalue weighted by Gasteiger charge is -2.34. The van der Waals surface area contributed by atoms with Crippen molar-refractivity contribution in [2.75, 3.05) is 33.3 Å². The maximum atomic E-state index is 12.4. The summed E-state index contributed by atoms with van der Waals surface area (Å²) in [7, 11) is 1.63. The molecule has 1 fully saturated rings. The van der Waals surface area contributed by atoms with Gasteiger partial charge in [0.2, 0.25) is 5.91 Å². The lowest BCUT2D eigenvalue weighted by Crippen LogP contribution is -2.50. The largest absolute Gasteiger partial charge is 0.380 e. The number of ether oxygens (including phenoxy) is 1. The highest BCUT2D eigenvalue weighted by molar-refractivity contribution is 5.94. The summed E-state index contributed by atoms with van der Waals surface area (Å²) >= 11 is 0. The fourth-order valence-corrected chi connectivity index (χ4v) is 2.37. The van der Waals surface area contributed by atoms with E-state index in [1.54, 1.807) is 23.8 Å². The van der Waals surface area contributed by atoms with Crippen LogP contribution in [0.5, 0.6) is 0 Å². The predicted octanol–water partition coefficient (Wildman–Crippen LogP) is 1.14. The molecule has 108 valence electrons. The lowest BCUT2D eigenvalue weighted by atomic mass is 10.1. The second-order valence-electron chi connectivity index (χ2n) is 4.93. The summed E-state index contributed by atoms with van der Waals surface area (Å²) in [6, 6.07) is 7.49. The summed E-state index contributed by atoms with van der Waals surface area (Å²) < 4.78 is 5.08. The van der Waals surface area contributed by atoms with Gasteiger partial charge in [-0.15, -0.1) is 0 Å². The Hall–Kier alpha value is -1.88. The van der Waals surface area contributed by atoms with E-state index in [1.807, 2.05) is 24.3 Å². The Bertz CT molecular complexity index is 494. The third-order valence-electron chi connectivity index (χ3n) is 3.50. The monoisotopic (exact) mass is 276 g/mol. The number of benzene rings is 1. The molecular formula is C15H20N2O3. The number of nitrogens with zero attached hydrogens (tertiary/aromatic N) is 2. The Balaban J connectivity index is 2.01. The summed E-state index contributed by atoms with van der Waals surface area (Å²) in [6.45, 7) is 4.46. The summed E-state index contributed by atoms with van der Waals surface area (Å²) in [5, 5.41) is 0. The fourth-order valence-electron chi connectivity index (χ4n) is 2.37. The molecule has 0 spiro atoms. The van der Waals surface area contributed by atoms with E-state index in [-0.39, 0.29) is 11.8 Å². The average Bonchev–Trinajstić information content (AvgIpc) is 2.47. The van der Waals surface area contributed by atoms with Gasteiger partial charge < -0.3 is 14.5 Å². The molecule has 0 N–H and O–H groups in total. The Morgan fingerprint density at radius 2 is 1.80 bits per heavy atom. The van der Waals surface area contributed by atoms with Gasteiger partial charge in [-0.1, -0.05) is 12.1 Å². The molecule has 0 atom stereocenters. The quantitative estimate of drug-likeness (QED) is 0.832. The van der Waals surface area contributed by atoms with Crippen molar-refractivity contribution in [1.29, 1.82) is 0 Å². The van der Waals surface area contributed by atoms with E-state index in [4.69, 9.17) is 4.74 Å². The molecule has 5 nitrogen and oxygen atoms in total. The number of piperazine rings is 1. The Morgan fingerprint density at radius 1 is 1.15 bits per heavy atom. The van der Waals surface area contributed by atoms with Crippen LogP contribution in [0.1, 0.15) is 22.8 Å². The first-order valence-electron chi connectivity index (χ1n) is 6.74. The highest BCUT2D eigenvalue weighted by atomic mass is 16.5. The van der Waals surface area contributed by atoms with Crippen molar-refractivity contribution < 1.29 is 14.3 Å². The van der Waals surface area contributed by atoms with Crippen LogP contribution in [-0.4, -0.2) is 54.9 Å². The number of amides is 2. The topological polar surface area (TPSA) is 49.9 Å².